The third-order valence-corrected chi connectivity index (χ3v) is 6.78. The molecular weight excluding hydrogens is 466 g/mol. The van der Waals surface area contributed by atoms with Gasteiger partial charge in [-0.3, -0.25) is 28.5 Å². The van der Waals surface area contributed by atoms with E-state index in [2.05, 4.69) is 10.3 Å². The number of nitrogens with one attached hydrogen (secondary N) is 1. The quantitative estimate of drug-likeness (QED) is 0.371. The zero-order valence-electron chi connectivity index (χ0n) is 17.9. The molecule has 0 radical (unpaired) electrons. The number of rotatable bonds is 5. The molecule has 4 heterocycles. The maximum atomic E-state index is 13.5. The fraction of sp³-hybridized carbons (Fsp3) is 0.333. The zero-order valence-corrected chi connectivity index (χ0v) is 19.6. The average Bonchev–Trinajstić information content (AvgIpc) is 3.08. The van der Waals surface area contributed by atoms with Crippen LogP contribution >= 0.6 is 24.0 Å². The lowest BCUT2D eigenvalue weighted by Crippen LogP contribution is -2.57. The molecule has 1 N–H and O–H groups in total. The molecule has 10 nitrogen and oxygen atoms in total. The first-order chi connectivity index (χ1) is 15.8. The van der Waals surface area contributed by atoms with Gasteiger partial charge in [0.2, 0.25) is 5.91 Å². The summed E-state index contributed by atoms with van der Waals surface area (Å²) in [5.41, 5.74) is 0.110. The minimum Gasteiger partial charge on any atom is -0.469 e. The van der Waals surface area contributed by atoms with Crippen LogP contribution in [0.4, 0.5) is 5.82 Å². The zero-order chi connectivity index (χ0) is 23.7. The van der Waals surface area contributed by atoms with Crippen LogP contribution < -0.4 is 15.8 Å². The van der Waals surface area contributed by atoms with Crippen molar-refractivity contribution in [2.45, 2.75) is 19.4 Å². The van der Waals surface area contributed by atoms with Crippen molar-refractivity contribution in [2.24, 2.45) is 0 Å². The molecule has 1 atom stereocenters. The molecule has 1 unspecified atom stereocenters. The molecule has 172 valence electrons. The van der Waals surface area contributed by atoms with Crippen LogP contribution in [0.1, 0.15) is 18.9 Å². The van der Waals surface area contributed by atoms with E-state index in [1.165, 1.54) is 22.5 Å². The minimum absolute atomic E-state index is 0.139. The van der Waals surface area contributed by atoms with E-state index < -0.39 is 17.6 Å². The Kier molecular flexibility index (Phi) is 6.47. The van der Waals surface area contributed by atoms with Gasteiger partial charge in [0.05, 0.1) is 24.0 Å². The van der Waals surface area contributed by atoms with Crippen molar-refractivity contribution < 1.29 is 19.1 Å². The summed E-state index contributed by atoms with van der Waals surface area (Å²) in [5, 5.41) is 2.74. The molecular formula is C21H21N5O5S2. The van der Waals surface area contributed by atoms with Crippen LogP contribution in [0.5, 0.6) is 0 Å². The lowest BCUT2D eigenvalue weighted by atomic mass is 10.1. The van der Waals surface area contributed by atoms with E-state index in [0.29, 0.717) is 34.5 Å². The molecule has 0 aliphatic carbocycles. The van der Waals surface area contributed by atoms with Gasteiger partial charge >= 0.3 is 5.97 Å². The molecule has 2 aliphatic rings. The van der Waals surface area contributed by atoms with Crippen LogP contribution in [-0.2, 0) is 19.1 Å². The summed E-state index contributed by atoms with van der Waals surface area (Å²) in [6, 6.07) is 4.20. The number of piperazine rings is 1. The van der Waals surface area contributed by atoms with Crippen molar-refractivity contribution in [3.8, 4) is 0 Å². The number of aromatic nitrogens is 2. The molecule has 33 heavy (non-hydrogen) atoms. The van der Waals surface area contributed by atoms with Crippen LogP contribution in [0.3, 0.4) is 0 Å². The largest absolute Gasteiger partial charge is 0.469 e. The Hall–Kier alpha value is -3.25. The van der Waals surface area contributed by atoms with Gasteiger partial charge in [-0.2, -0.15) is 0 Å². The number of amides is 2. The van der Waals surface area contributed by atoms with Crippen molar-refractivity contribution in [3.63, 3.8) is 0 Å². The van der Waals surface area contributed by atoms with Gasteiger partial charge in [-0.1, -0.05) is 30.0 Å². The summed E-state index contributed by atoms with van der Waals surface area (Å²) in [4.78, 5) is 58.9. The molecule has 2 saturated heterocycles. The molecule has 0 saturated carbocycles. The van der Waals surface area contributed by atoms with Crippen LogP contribution in [-0.4, -0.2) is 69.2 Å². The van der Waals surface area contributed by atoms with E-state index in [-0.39, 0.29) is 29.6 Å². The molecule has 0 spiro atoms. The summed E-state index contributed by atoms with van der Waals surface area (Å²) in [5.74, 6) is -1.01. The first kappa shape index (κ1) is 22.9. The van der Waals surface area contributed by atoms with Crippen LogP contribution in [0.2, 0.25) is 0 Å². The number of nitrogens with zero attached hydrogens (tertiary/aromatic N) is 4. The van der Waals surface area contributed by atoms with Crippen molar-refractivity contribution in [3.05, 3.63) is 45.2 Å². The predicted molar refractivity (Wildman–Crippen MR) is 128 cm³/mol. The van der Waals surface area contributed by atoms with Gasteiger partial charge in [0.1, 0.15) is 21.8 Å². The highest BCUT2D eigenvalue weighted by molar-refractivity contribution is 8.26. The topological polar surface area (TPSA) is 113 Å². The van der Waals surface area contributed by atoms with Crippen LogP contribution in [0, 0.1) is 0 Å². The van der Waals surface area contributed by atoms with Crippen LogP contribution in [0.25, 0.3) is 11.7 Å². The highest BCUT2D eigenvalue weighted by Gasteiger charge is 2.36. The van der Waals surface area contributed by atoms with Crippen molar-refractivity contribution >= 4 is 63.6 Å². The summed E-state index contributed by atoms with van der Waals surface area (Å²) in [6.07, 6.45) is 2.84. The molecule has 2 aromatic heterocycles. The average molecular weight is 488 g/mol. The number of likely N-dealkylation sites (N-methyl/N-ethyl adjacent to an activating group) is 1. The monoisotopic (exact) mass is 487 g/mol. The number of carbonyl (C=O) groups is 3. The molecule has 12 heteroatoms. The van der Waals surface area contributed by atoms with Crippen molar-refractivity contribution in [1.29, 1.82) is 0 Å². The fourth-order valence-electron chi connectivity index (χ4n) is 3.75. The maximum absolute atomic E-state index is 13.5. The number of ether oxygens (including phenoxy) is 1. The Morgan fingerprint density at radius 1 is 1.36 bits per heavy atom. The number of methoxy groups -OCH3 is 1. The van der Waals surface area contributed by atoms with Crippen molar-refractivity contribution in [1.82, 2.24) is 19.6 Å². The number of carbonyl (C=O) groups excluding carboxylic acids is 3. The number of hydrogen-bond acceptors (Lipinski definition) is 9. The standard InChI is InChI=1S/C21H21N5O5S2/c1-3-24-20(30)14(33-21(24)32)10-12-17(23-15-6-4-5-8-26(15)19(12)29)25-9-7-22-18(28)13(25)11-16(27)31-2/h4-6,8,10,13H,3,7,9,11H2,1-2H3,(H,22,28)/b14-10-. The predicted octanol–water partition coefficient (Wildman–Crippen LogP) is 0.784. The molecule has 4 rings (SSSR count). The van der Waals surface area contributed by atoms with E-state index in [0.717, 1.165) is 11.8 Å². The first-order valence-corrected chi connectivity index (χ1v) is 11.5. The summed E-state index contributed by atoms with van der Waals surface area (Å²) in [7, 11) is 1.25. The number of anilines is 1. The Balaban J connectivity index is 1.90. The molecule has 2 aromatic rings. The highest BCUT2D eigenvalue weighted by atomic mass is 32.2. The van der Waals surface area contributed by atoms with Crippen molar-refractivity contribution in [2.75, 3.05) is 31.6 Å². The Morgan fingerprint density at radius 2 is 2.15 bits per heavy atom. The summed E-state index contributed by atoms with van der Waals surface area (Å²) in [6.45, 7) is 2.86. The molecule has 0 aromatic carbocycles. The second-order valence-electron chi connectivity index (χ2n) is 7.29. The number of fused-ring (bicyclic) bond motifs is 1. The van der Waals surface area contributed by atoms with E-state index in [1.54, 1.807) is 29.3 Å². The summed E-state index contributed by atoms with van der Waals surface area (Å²) >= 11 is 6.39. The Bertz CT molecular complexity index is 1260. The molecule has 2 amide bonds. The first-order valence-electron chi connectivity index (χ1n) is 10.2. The second-order valence-corrected chi connectivity index (χ2v) is 8.97. The highest BCUT2D eigenvalue weighted by Crippen LogP contribution is 2.33. The molecule has 2 fully saturated rings. The van der Waals surface area contributed by atoms with E-state index in [9.17, 15) is 19.2 Å². The third-order valence-electron chi connectivity index (χ3n) is 5.40. The molecule has 0 bridgehead atoms. The van der Waals surface area contributed by atoms with Crippen LogP contribution in [0.15, 0.2) is 34.1 Å². The van der Waals surface area contributed by atoms with Gasteiger partial charge in [-0.25, -0.2) is 4.98 Å². The lowest BCUT2D eigenvalue weighted by molar-refractivity contribution is -0.143. The van der Waals surface area contributed by atoms with Gasteiger partial charge in [-0.15, -0.1) is 0 Å². The van der Waals surface area contributed by atoms with Gasteiger partial charge in [0.15, 0.2) is 0 Å². The summed E-state index contributed by atoms with van der Waals surface area (Å²) < 4.78 is 6.53. The van der Waals surface area contributed by atoms with E-state index in [1.807, 2.05) is 6.92 Å². The van der Waals surface area contributed by atoms with Gasteiger partial charge in [0, 0.05) is 25.8 Å². The SMILES string of the molecule is CCN1C(=O)/C(=C/c2c(N3CCNC(=O)C3CC(=O)OC)nc3ccccn3c2=O)SC1=S. The lowest BCUT2D eigenvalue weighted by Gasteiger charge is -2.36. The number of hydrogen-bond donors (Lipinski definition) is 1. The molecule has 2 aliphatic heterocycles. The second kappa shape index (κ2) is 9.32. The van der Waals surface area contributed by atoms with Gasteiger partial charge in [0.25, 0.3) is 11.5 Å². The van der Waals surface area contributed by atoms with Gasteiger partial charge < -0.3 is 15.0 Å². The number of thioether (sulfide) groups is 1. The third kappa shape index (κ3) is 4.23. The number of pyridine rings is 1. The van der Waals surface area contributed by atoms with Gasteiger partial charge in [-0.05, 0) is 25.1 Å². The maximum Gasteiger partial charge on any atom is 0.308 e. The number of thiocarbonyl (C=S) groups is 1. The Morgan fingerprint density at radius 3 is 2.85 bits per heavy atom. The normalized spacial score (nSPS) is 20.0. The van der Waals surface area contributed by atoms with E-state index >= 15 is 0 Å². The smallest absolute Gasteiger partial charge is 0.308 e. The fourth-order valence-corrected chi connectivity index (χ4v) is 5.12. The minimum atomic E-state index is -0.915. The number of esters is 1. The Labute approximate surface area is 198 Å². The van der Waals surface area contributed by atoms with E-state index in [4.69, 9.17) is 17.0 Å².